The van der Waals surface area contributed by atoms with Gasteiger partial charge < -0.3 is 4.43 Å². The van der Waals surface area contributed by atoms with Gasteiger partial charge in [0.15, 0.2) is 8.32 Å². The van der Waals surface area contributed by atoms with Crippen molar-refractivity contribution < 1.29 is 14.0 Å². The lowest BCUT2D eigenvalue weighted by molar-refractivity contribution is -0.148. The van der Waals surface area contributed by atoms with Crippen molar-refractivity contribution in [3.63, 3.8) is 0 Å². The highest BCUT2D eigenvalue weighted by Crippen LogP contribution is 2.60. The van der Waals surface area contributed by atoms with Crippen molar-refractivity contribution in [1.82, 2.24) is 0 Å². The van der Waals surface area contributed by atoms with E-state index in [1.54, 1.807) is 0 Å². The maximum atomic E-state index is 12.8. The van der Waals surface area contributed by atoms with E-state index in [4.69, 9.17) is 4.43 Å². The molecule has 3 saturated carbocycles. The van der Waals surface area contributed by atoms with Gasteiger partial charge in [-0.15, -0.1) is 0 Å². The van der Waals surface area contributed by atoms with Gasteiger partial charge in [-0.05, 0) is 43.3 Å². The number of carbonyl (C=O) groups is 2. The Hall–Kier alpha value is -0.483. The molecule has 3 nitrogen and oxygen atoms in total. The van der Waals surface area contributed by atoms with Crippen LogP contribution in [0.5, 0.6) is 0 Å². The second-order valence-corrected chi connectivity index (χ2v) is 14.9. The topological polar surface area (TPSA) is 43.4 Å². The fraction of sp³-hybridized carbons (Fsp3) is 0.900. The van der Waals surface area contributed by atoms with Crippen LogP contribution in [0.1, 0.15) is 66.2 Å². The van der Waals surface area contributed by atoms with Crippen LogP contribution >= 0.6 is 0 Å². The number of fused-ring (bicyclic) bond motifs is 1. The number of rotatable bonds is 2. The Morgan fingerprint density at radius 2 is 1.83 bits per heavy atom. The molecule has 0 aromatic rings. The van der Waals surface area contributed by atoms with Gasteiger partial charge >= 0.3 is 0 Å². The SMILES string of the molecule is C[C@H]1C[C@@]23CCCC[C@@H](CC(=O)[C@@H]2C1=O)[C@@H]3O[Si](C)(C)C(C)(C)C. The summed E-state index contributed by atoms with van der Waals surface area (Å²) in [7, 11) is -1.93. The molecular formula is C20H34O3Si. The molecule has 0 radical (unpaired) electrons. The van der Waals surface area contributed by atoms with Crippen LogP contribution in [0, 0.1) is 23.2 Å². The molecule has 0 unspecified atom stereocenters. The summed E-state index contributed by atoms with van der Waals surface area (Å²) in [5, 5.41) is 0.151. The third-order valence-corrected chi connectivity index (χ3v) is 12.0. The molecule has 4 heteroatoms. The van der Waals surface area contributed by atoms with Gasteiger partial charge in [0.2, 0.25) is 0 Å². The number of ketones is 2. The van der Waals surface area contributed by atoms with Crippen molar-refractivity contribution in [2.24, 2.45) is 23.2 Å². The summed E-state index contributed by atoms with van der Waals surface area (Å²) in [6.07, 6.45) is 5.92. The monoisotopic (exact) mass is 350 g/mol. The van der Waals surface area contributed by atoms with E-state index in [0.29, 0.717) is 12.3 Å². The lowest BCUT2D eigenvalue weighted by Crippen LogP contribution is -2.57. The Morgan fingerprint density at radius 3 is 2.46 bits per heavy atom. The van der Waals surface area contributed by atoms with Crippen molar-refractivity contribution in [3.05, 3.63) is 0 Å². The highest BCUT2D eigenvalue weighted by Gasteiger charge is 2.64. The van der Waals surface area contributed by atoms with E-state index in [0.717, 1.165) is 25.7 Å². The fourth-order valence-electron chi connectivity index (χ4n) is 5.28. The highest BCUT2D eigenvalue weighted by molar-refractivity contribution is 6.74. The van der Waals surface area contributed by atoms with Gasteiger partial charge in [-0.2, -0.15) is 0 Å². The molecule has 3 fully saturated rings. The van der Waals surface area contributed by atoms with Crippen LogP contribution in [-0.2, 0) is 14.0 Å². The molecule has 2 bridgehead atoms. The van der Waals surface area contributed by atoms with E-state index in [9.17, 15) is 9.59 Å². The van der Waals surface area contributed by atoms with E-state index in [-0.39, 0.29) is 40.0 Å². The van der Waals surface area contributed by atoms with Gasteiger partial charge in [0, 0.05) is 17.8 Å². The van der Waals surface area contributed by atoms with E-state index in [1.807, 2.05) is 6.92 Å². The first-order valence-electron chi connectivity index (χ1n) is 9.74. The minimum absolute atomic E-state index is 0.0151. The van der Waals surface area contributed by atoms with Crippen molar-refractivity contribution in [1.29, 1.82) is 0 Å². The predicted octanol–water partition coefficient (Wildman–Crippen LogP) is 4.75. The average Bonchev–Trinajstić information content (AvgIpc) is 2.64. The molecule has 0 N–H and O–H groups in total. The molecule has 0 amide bonds. The van der Waals surface area contributed by atoms with E-state index in [1.165, 1.54) is 6.42 Å². The third kappa shape index (κ3) is 2.65. The Labute approximate surface area is 148 Å². The van der Waals surface area contributed by atoms with Gasteiger partial charge in [0.05, 0.1) is 12.0 Å². The third-order valence-electron chi connectivity index (χ3n) is 7.51. The van der Waals surface area contributed by atoms with E-state index < -0.39 is 8.32 Å². The van der Waals surface area contributed by atoms with Crippen molar-refractivity contribution in [2.75, 3.05) is 0 Å². The van der Waals surface area contributed by atoms with Crippen LogP contribution in [0.3, 0.4) is 0 Å². The molecule has 0 aromatic heterocycles. The lowest BCUT2D eigenvalue weighted by atomic mass is 9.61. The van der Waals surface area contributed by atoms with Gasteiger partial charge in [-0.25, -0.2) is 0 Å². The van der Waals surface area contributed by atoms with Gasteiger partial charge in [0.1, 0.15) is 11.6 Å². The Bertz CT molecular complexity index is 548. The Balaban J connectivity index is 2.03. The van der Waals surface area contributed by atoms with Crippen LogP contribution in [0.4, 0.5) is 0 Å². The lowest BCUT2D eigenvalue weighted by Gasteiger charge is -2.51. The summed E-state index contributed by atoms with van der Waals surface area (Å²) in [6.45, 7) is 13.5. The normalized spacial score (nSPS) is 40.4. The number of hydrogen-bond acceptors (Lipinski definition) is 3. The minimum Gasteiger partial charge on any atom is -0.413 e. The van der Waals surface area contributed by atoms with Crippen LogP contribution in [-0.4, -0.2) is 26.0 Å². The molecule has 24 heavy (non-hydrogen) atoms. The first kappa shape index (κ1) is 18.3. The predicted molar refractivity (Wildman–Crippen MR) is 98.4 cm³/mol. The van der Waals surface area contributed by atoms with Crippen LogP contribution < -0.4 is 0 Å². The molecule has 0 aromatic carbocycles. The zero-order chi connectivity index (χ0) is 17.9. The Morgan fingerprint density at radius 1 is 1.17 bits per heavy atom. The molecule has 0 heterocycles. The standard InChI is InChI=1S/C20H34O3Si/c1-13-12-20-10-8-7-9-14(11-15(21)16(20)17(13)22)18(20)23-24(5,6)19(2,3)4/h13-14,16,18H,7-12H2,1-6H3/t13-,14-,16+,18-,20-/m0/s1. The van der Waals surface area contributed by atoms with Crippen LogP contribution in [0.25, 0.3) is 0 Å². The van der Waals surface area contributed by atoms with E-state index >= 15 is 0 Å². The number of Topliss-reactive ketones (excluding diaryl/α,β-unsaturated/α-hetero) is 2. The molecule has 3 aliphatic rings. The summed E-state index contributed by atoms with van der Waals surface area (Å²) < 4.78 is 6.97. The maximum absolute atomic E-state index is 12.8. The smallest absolute Gasteiger partial charge is 0.192 e. The minimum atomic E-state index is -1.93. The Kier molecular flexibility index (Phi) is 4.40. The van der Waals surface area contributed by atoms with Crippen molar-refractivity contribution in [2.45, 2.75) is 90.5 Å². The van der Waals surface area contributed by atoms with Crippen LogP contribution in [0.2, 0.25) is 18.1 Å². The van der Waals surface area contributed by atoms with Crippen molar-refractivity contribution in [3.8, 4) is 0 Å². The van der Waals surface area contributed by atoms with Crippen molar-refractivity contribution >= 4 is 19.9 Å². The second kappa shape index (κ2) is 5.77. The largest absolute Gasteiger partial charge is 0.413 e. The van der Waals surface area contributed by atoms with E-state index in [2.05, 4.69) is 33.9 Å². The average molecular weight is 351 g/mol. The molecular weight excluding hydrogens is 316 g/mol. The molecule has 5 atom stereocenters. The molecule has 3 aliphatic carbocycles. The molecule has 0 aliphatic heterocycles. The summed E-state index contributed by atoms with van der Waals surface area (Å²) in [4.78, 5) is 25.6. The maximum Gasteiger partial charge on any atom is 0.192 e. The number of carbonyl (C=O) groups excluding carboxylic acids is 2. The van der Waals surface area contributed by atoms with Gasteiger partial charge in [-0.3, -0.25) is 9.59 Å². The first-order valence-corrected chi connectivity index (χ1v) is 12.6. The van der Waals surface area contributed by atoms with Crippen LogP contribution in [0.15, 0.2) is 0 Å². The first-order chi connectivity index (χ1) is 11.0. The highest BCUT2D eigenvalue weighted by atomic mass is 28.4. The zero-order valence-corrected chi connectivity index (χ0v) is 17.3. The quantitative estimate of drug-likeness (QED) is 0.533. The molecule has 3 rings (SSSR count). The summed E-state index contributed by atoms with van der Waals surface area (Å²) in [5.74, 6) is 0.372. The molecule has 136 valence electrons. The molecule has 1 spiro atoms. The fourth-order valence-corrected chi connectivity index (χ4v) is 6.69. The zero-order valence-electron chi connectivity index (χ0n) is 16.3. The summed E-state index contributed by atoms with van der Waals surface area (Å²) in [5.41, 5.74) is -0.206. The van der Waals surface area contributed by atoms with Gasteiger partial charge in [-0.1, -0.05) is 40.5 Å². The number of hydrogen-bond donors (Lipinski definition) is 0. The van der Waals surface area contributed by atoms with Gasteiger partial charge in [0.25, 0.3) is 0 Å². The molecule has 0 saturated heterocycles. The second-order valence-electron chi connectivity index (χ2n) is 10.1. The summed E-state index contributed by atoms with van der Waals surface area (Å²) in [6, 6.07) is 0. The summed E-state index contributed by atoms with van der Waals surface area (Å²) >= 11 is 0.